The molecule has 0 saturated carbocycles. The van der Waals surface area contributed by atoms with Crippen LogP contribution in [0.15, 0.2) is 36.5 Å². The lowest BCUT2D eigenvalue weighted by Crippen LogP contribution is -2.45. The van der Waals surface area contributed by atoms with Gasteiger partial charge in [-0.25, -0.2) is 0 Å². The molecule has 0 radical (unpaired) electrons. The van der Waals surface area contributed by atoms with Crippen molar-refractivity contribution >= 4 is 11.9 Å². The predicted octanol–water partition coefficient (Wildman–Crippen LogP) is 22.3. The van der Waals surface area contributed by atoms with Crippen LogP contribution in [0.25, 0.3) is 0 Å². The van der Waals surface area contributed by atoms with Crippen LogP contribution in [0.3, 0.4) is 0 Å². The summed E-state index contributed by atoms with van der Waals surface area (Å²) >= 11 is 0. The Morgan fingerprint density at radius 3 is 1.00 bits per heavy atom. The molecule has 0 spiro atoms. The van der Waals surface area contributed by atoms with Gasteiger partial charge < -0.3 is 20.3 Å². The van der Waals surface area contributed by atoms with Crippen LogP contribution in [0.1, 0.15) is 380 Å². The number of esters is 1. The Balaban J connectivity index is 3.34. The van der Waals surface area contributed by atoms with Crippen LogP contribution in [0, 0.1) is 0 Å². The lowest BCUT2D eigenvalue weighted by atomic mass is 10.0. The van der Waals surface area contributed by atoms with Gasteiger partial charge in [-0.2, -0.15) is 0 Å². The van der Waals surface area contributed by atoms with Gasteiger partial charge in [0.1, 0.15) is 0 Å². The molecule has 2 atom stereocenters. The lowest BCUT2D eigenvalue weighted by Gasteiger charge is -2.20. The number of hydrogen-bond acceptors (Lipinski definition) is 5. The first-order valence-corrected chi connectivity index (χ1v) is 34.8. The summed E-state index contributed by atoms with van der Waals surface area (Å²) in [4.78, 5) is 24.5. The zero-order valence-corrected chi connectivity index (χ0v) is 52.0. The van der Waals surface area contributed by atoms with Crippen molar-refractivity contribution in [1.29, 1.82) is 0 Å². The molecule has 0 rings (SSSR count). The Kier molecular flexibility index (Phi) is 64.9. The van der Waals surface area contributed by atoms with Crippen molar-refractivity contribution in [3.8, 4) is 0 Å². The van der Waals surface area contributed by atoms with Gasteiger partial charge in [0.25, 0.3) is 0 Å². The van der Waals surface area contributed by atoms with E-state index in [9.17, 15) is 19.8 Å². The van der Waals surface area contributed by atoms with E-state index in [1.165, 1.54) is 302 Å². The molecule has 1 amide bonds. The summed E-state index contributed by atoms with van der Waals surface area (Å²) in [7, 11) is 0. The number of nitrogens with one attached hydrogen (secondary N) is 1. The van der Waals surface area contributed by atoms with Gasteiger partial charge in [0, 0.05) is 12.8 Å². The summed E-state index contributed by atoms with van der Waals surface area (Å²) in [6.45, 7) is 4.90. The topological polar surface area (TPSA) is 95.9 Å². The van der Waals surface area contributed by atoms with Gasteiger partial charge >= 0.3 is 5.97 Å². The highest BCUT2D eigenvalue weighted by molar-refractivity contribution is 5.76. The average Bonchev–Trinajstić information content (AvgIpc) is 3.43. The third kappa shape index (κ3) is 63.1. The first-order chi connectivity index (χ1) is 38.0. The van der Waals surface area contributed by atoms with Gasteiger partial charge in [-0.15, -0.1) is 0 Å². The summed E-state index contributed by atoms with van der Waals surface area (Å²) in [6, 6.07) is -0.624. The molecule has 0 aliphatic heterocycles. The van der Waals surface area contributed by atoms with E-state index in [0.717, 1.165) is 51.4 Å². The van der Waals surface area contributed by atoms with Crippen molar-refractivity contribution in [1.82, 2.24) is 5.32 Å². The van der Waals surface area contributed by atoms with Crippen molar-refractivity contribution < 1.29 is 24.5 Å². The summed E-state index contributed by atoms with van der Waals surface area (Å²) in [5, 5.41) is 23.1. The standard InChI is InChI=1S/C71H135NO5/c1-3-5-7-9-11-13-15-17-19-37-41-45-49-53-57-61-65-71(76)77-66-62-58-54-50-46-42-38-35-33-31-29-27-25-23-21-20-22-24-26-28-30-32-34-36-40-44-48-52-56-60-64-70(75)72-68(67-73)69(74)63-59-55-51-47-43-39-18-16-14-12-10-8-6-4-2/h13,15,19,37,59,63,68-69,73-74H,3-12,14,16-18,20-36,38-58,60-62,64-67H2,1-2H3,(H,72,75)/b15-13-,37-19-,63-59+. The summed E-state index contributed by atoms with van der Waals surface area (Å²) in [6.07, 6.45) is 85.1. The van der Waals surface area contributed by atoms with Crippen LogP contribution in [0.5, 0.6) is 0 Å². The number of aliphatic hydroxyl groups excluding tert-OH is 2. The molecule has 0 fully saturated rings. The normalized spacial score (nSPS) is 12.7. The molecule has 6 heteroatoms. The van der Waals surface area contributed by atoms with Crippen molar-refractivity contribution in [3.05, 3.63) is 36.5 Å². The van der Waals surface area contributed by atoms with Crippen molar-refractivity contribution in [2.45, 2.75) is 392 Å². The van der Waals surface area contributed by atoms with Crippen LogP contribution in [0.4, 0.5) is 0 Å². The Bertz CT molecular complexity index is 1250. The minimum Gasteiger partial charge on any atom is -0.466 e. The summed E-state index contributed by atoms with van der Waals surface area (Å²) in [5.41, 5.74) is 0. The van der Waals surface area contributed by atoms with E-state index in [0.29, 0.717) is 19.4 Å². The maximum atomic E-state index is 12.5. The number of amides is 1. The molecule has 0 aromatic rings. The largest absolute Gasteiger partial charge is 0.466 e. The van der Waals surface area contributed by atoms with E-state index in [1.54, 1.807) is 6.08 Å². The predicted molar refractivity (Wildman–Crippen MR) is 338 cm³/mol. The first-order valence-electron chi connectivity index (χ1n) is 34.8. The molecule has 77 heavy (non-hydrogen) atoms. The second-order valence-electron chi connectivity index (χ2n) is 23.9. The lowest BCUT2D eigenvalue weighted by molar-refractivity contribution is -0.143. The average molecular weight is 1080 g/mol. The molecule has 0 heterocycles. The van der Waals surface area contributed by atoms with Gasteiger partial charge in [0.05, 0.1) is 25.4 Å². The van der Waals surface area contributed by atoms with Gasteiger partial charge in [0.15, 0.2) is 0 Å². The molecular weight excluding hydrogens is 947 g/mol. The van der Waals surface area contributed by atoms with E-state index in [1.807, 2.05) is 6.08 Å². The monoisotopic (exact) mass is 1080 g/mol. The maximum Gasteiger partial charge on any atom is 0.305 e. The maximum absolute atomic E-state index is 12.5. The van der Waals surface area contributed by atoms with Crippen LogP contribution < -0.4 is 5.32 Å². The van der Waals surface area contributed by atoms with E-state index < -0.39 is 12.1 Å². The number of hydrogen-bond donors (Lipinski definition) is 3. The van der Waals surface area contributed by atoms with Gasteiger partial charge in [-0.3, -0.25) is 9.59 Å². The van der Waals surface area contributed by atoms with E-state index in [2.05, 4.69) is 43.5 Å². The molecule has 454 valence electrons. The molecular formula is C71H135NO5. The van der Waals surface area contributed by atoms with Gasteiger partial charge in [0.2, 0.25) is 5.91 Å². The minimum absolute atomic E-state index is 0.00654. The SMILES string of the molecule is CCCCCC/C=C\C/C=C\CCCCCCCC(=O)OCCCCCCCCCCCCCCCCCCCCCCCCCCCCCCCCC(=O)NC(CO)C(O)/C=C/CCCCCCCCCCCCCC. The Morgan fingerprint density at radius 1 is 0.364 bits per heavy atom. The Labute approximate surface area is 481 Å². The Morgan fingerprint density at radius 2 is 0.649 bits per heavy atom. The highest BCUT2D eigenvalue weighted by Crippen LogP contribution is 2.18. The zero-order chi connectivity index (χ0) is 55.7. The fourth-order valence-electron chi connectivity index (χ4n) is 10.8. The number of unbranched alkanes of at least 4 members (excludes halogenated alkanes) is 50. The molecule has 3 N–H and O–H groups in total. The van der Waals surface area contributed by atoms with E-state index >= 15 is 0 Å². The number of ether oxygens (including phenoxy) is 1. The summed E-state index contributed by atoms with van der Waals surface area (Å²) in [5.74, 6) is -0.0560. The van der Waals surface area contributed by atoms with Crippen LogP contribution in [-0.4, -0.2) is 47.4 Å². The van der Waals surface area contributed by atoms with Gasteiger partial charge in [-0.1, -0.05) is 339 Å². The smallest absolute Gasteiger partial charge is 0.305 e. The molecule has 0 bridgehead atoms. The highest BCUT2D eigenvalue weighted by atomic mass is 16.5. The number of carbonyl (C=O) groups is 2. The van der Waals surface area contributed by atoms with Crippen molar-refractivity contribution in [2.24, 2.45) is 0 Å². The molecule has 6 nitrogen and oxygen atoms in total. The molecule has 2 unspecified atom stereocenters. The third-order valence-electron chi connectivity index (χ3n) is 16.2. The van der Waals surface area contributed by atoms with Gasteiger partial charge in [-0.05, 0) is 64.2 Å². The molecule has 0 aromatic carbocycles. The first kappa shape index (κ1) is 75.1. The Hall–Kier alpha value is -1.92. The molecule has 0 aromatic heterocycles. The fourth-order valence-corrected chi connectivity index (χ4v) is 10.8. The number of carbonyl (C=O) groups excluding carboxylic acids is 2. The molecule has 0 aliphatic carbocycles. The van der Waals surface area contributed by atoms with E-state index in [4.69, 9.17) is 4.74 Å². The fraction of sp³-hybridized carbons (Fsp3) is 0.887. The second kappa shape index (κ2) is 66.6. The number of rotatable bonds is 65. The number of aliphatic hydroxyl groups is 2. The van der Waals surface area contributed by atoms with Crippen LogP contribution in [0.2, 0.25) is 0 Å². The van der Waals surface area contributed by atoms with Crippen LogP contribution in [-0.2, 0) is 14.3 Å². The minimum atomic E-state index is -0.841. The second-order valence-corrected chi connectivity index (χ2v) is 23.9. The zero-order valence-electron chi connectivity index (χ0n) is 52.0. The summed E-state index contributed by atoms with van der Waals surface area (Å²) < 4.78 is 5.49. The van der Waals surface area contributed by atoms with Crippen molar-refractivity contribution in [3.63, 3.8) is 0 Å². The molecule has 0 aliphatic rings. The third-order valence-corrected chi connectivity index (χ3v) is 16.2. The van der Waals surface area contributed by atoms with Crippen molar-refractivity contribution in [2.75, 3.05) is 13.2 Å². The van der Waals surface area contributed by atoms with E-state index in [-0.39, 0.29) is 18.5 Å². The quantitative estimate of drug-likeness (QED) is 0.0320. The molecule has 0 saturated heterocycles. The number of allylic oxidation sites excluding steroid dienone is 5. The highest BCUT2D eigenvalue weighted by Gasteiger charge is 2.18. The van der Waals surface area contributed by atoms with Crippen LogP contribution >= 0.6 is 0 Å².